The molecule has 1 aromatic carbocycles. The molecule has 0 spiro atoms. The molecule has 24 heavy (non-hydrogen) atoms. The monoisotopic (exact) mass is 359 g/mol. The molecule has 0 saturated heterocycles. The summed E-state index contributed by atoms with van der Waals surface area (Å²) in [5.41, 5.74) is 2.85. The minimum atomic E-state index is -0.0845. The third-order valence-electron chi connectivity index (χ3n) is 3.91. The van der Waals surface area contributed by atoms with Crippen molar-refractivity contribution in [2.24, 2.45) is 0 Å². The number of nitrogens with zero attached hydrogens (tertiary/aromatic N) is 1. The zero-order valence-corrected chi connectivity index (χ0v) is 14.4. The number of hydrogen-bond acceptors (Lipinski definition) is 4. The quantitative estimate of drug-likeness (QED) is 0.711. The Morgan fingerprint density at radius 1 is 1.25 bits per heavy atom. The number of furan rings is 1. The third-order valence-corrected chi connectivity index (χ3v) is 5.39. The van der Waals surface area contributed by atoms with Gasteiger partial charge < -0.3 is 9.73 Å². The highest BCUT2D eigenvalue weighted by Gasteiger charge is 2.30. The Hall–Kier alpha value is -2.18. The number of H-pyrrole nitrogens is 1. The molecular formula is C17H14ClN3O2S. The summed E-state index contributed by atoms with van der Waals surface area (Å²) < 4.78 is 6.08. The molecule has 3 heterocycles. The van der Waals surface area contributed by atoms with E-state index in [0.717, 1.165) is 28.3 Å². The summed E-state index contributed by atoms with van der Waals surface area (Å²) in [4.78, 5) is 11.9. The summed E-state index contributed by atoms with van der Waals surface area (Å²) >= 11 is 7.47. The first-order valence-electron chi connectivity index (χ1n) is 7.44. The molecule has 1 amide bonds. The van der Waals surface area contributed by atoms with Gasteiger partial charge in [0.05, 0.1) is 11.0 Å². The molecule has 3 aromatic rings. The maximum Gasteiger partial charge on any atom is 0.235 e. The maximum atomic E-state index is 11.9. The number of halogens is 1. The van der Waals surface area contributed by atoms with E-state index in [0.29, 0.717) is 16.6 Å². The van der Waals surface area contributed by atoms with Gasteiger partial charge in [0, 0.05) is 21.8 Å². The third kappa shape index (κ3) is 2.72. The first-order valence-corrected chi connectivity index (χ1v) is 8.86. The fourth-order valence-corrected chi connectivity index (χ4v) is 4.01. The Balaban J connectivity index is 1.73. The van der Waals surface area contributed by atoms with Crippen LogP contribution in [-0.2, 0) is 4.79 Å². The van der Waals surface area contributed by atoms with Gasteiger partial charge in [-0.2, -0.15) is 5.10 Å². The van der Waals surface area contributed by atoms with Gasteiger partial charge in [0.1, 0.15) is 11.5 Å². The van der Waals surface area contributed by atoms with Gasteiger partial charge in [-0.15, -0.1) is 11.8 Å². The number of thioether (sulfide) groups is 1. The molecule has 0 radical (unpaired) electrons. The minimum absolute atomic E-state index is 0.0558. The van der Waals surface area contributed by atoms with Crippen LogP contribution in [0.3, 0.4) is 0 Å². The van der Waals surface area contributed by atoms with Crippen molar-refractivity contribution < 1.29 is 9.21 Å². The van der Waals surface area contributed by atoms with Crippen LogP contribution in [0.1, 0.15) is 22.3 Å². The van der Waals surface area contributed by atoms with Gasteiger partial charge in [-0.25, -0.2) is 0 Å². The summed E-state index contributed by atoms with van der Waals surface area (Å²) in [5.74, 6) is 2.45. The van der Waals surface area contributed by atoms with Gasteiger partial charge in [-0.3, -0.25) is 9.89 Å². The zero-order valence-electron chi connectivity index (χ0n) is 12.8. The molecule has 7 heteroatoms. The van der Waals surface area contributed by atoms with E-state index in [-0.39, 0.29) is 11.2 Å². The number of hydrogen-bond donors (Lipinski definition) is 2. The van der Waals surface area contributed by atoms with Crippen LogP contribution in [0.25, 0.3) is 11.3 Å². The summed E-state index contributed by atoms with van der Waals surface area (Å²) in [5, 5.41) is 10.6. The maximum absolute atomic E-state index is 11.9. The van der Waals surface area contributed by atoms with Crippen LogP contribution in [0.15, 0.2) is 40.8 Å². The van der Waals surface area contributed by atoms with E-state index in [2.05, 4.69) is 15.5 Å². The number of carbonyl (C=O) groups is 1. The van der Waals surface area contributed by atoms with Gasteiger partial charge >= 0.3 is 0 Å². The molecule has 2 aromatic heterocycles. The number of amides is 1. The average Bonchev–Trinajstić information content (AvgIpc) is 3.14. The number of carbonyl (C=O) groups excluding carboxylic acids is 1. The van der Waals surface area contributed by atoms with Crippen molar-refractivity contribution in [3.8, 4) is 11.3 Å². The van der Waals surface area contributed by atoms with E-state index in [1.165, 1.54) is 11.8 Å². The molecule has 0 saturated carbocycles. The van der Waals surface area contributed by atoms with Crippen molar-refractivity contribution in [3.05, 3.63) is 58.4 Å². The molecule has 0 aliphatic carbocycles. The summed E-state index contributed by atoms with van der Waals surface area (Å²) in [6.07, 6.45) is 0. The Kier molecular flexibility index (Phi) is 3.86. The van der Waals surface area contributed by atoms with E-state index < -0.39 is 0 Å². The molecule has 1 unspecified atom stereocenters. The predicted octanol–water partition coefficient (Wildman–Crippen LogP) is 4.41. The number of nitrogens with one attached hydrogen (secondary N) is 2. The highest BCUT2D eigenvalue weighted by Crippen LogP contribution is 2.43. The van der Waals surface area contributed by atoms with E-state index in [1.807, 2.05) is 43.3 Å². The molecule has 122 valence electrons. The molecule has 0 bridgehead atoms. The van der Waals surface area contributed by atoms with Crippen molar-refractivity contribution in [2.75, 3.05) is 11.1 Å². The normalized spacial score (nSPS) is 17.2. The van der Waals surface area contributed by atoms with E-state index in [4.69, 9.17) is 16.0 Å². The van der Waals surface area contributed by atoms with Crippen LogP contribution in [0.4, 0.5) is 5.82 Å². The second-order valence-electron chi connectivity index (χ2n) is 5.56. The van der Waals surface area contributed by atoms with Gasteiger partial charge in [0.15, 0.2) is 5.82 Å². The van der Waals surface area contributed by atoms with E-state index >= 15 is 0 Å². The van der Waals surface area contributed by atoms with Crippen LogP contribution >= 0.6 is 23.4 Å². The lowest BCUT2D eigenvalue weighted by molar-refractivity contribution is -0.113. The topological polar surface area (TPSA) is 70.9 Å². The lowest BCUT2D eigenvalue weighted by Crippen LogP contribution is -2.12. The smallest absolute Gasteiger partial charge is 0.235 e. The Morgan fingerprint density at radius 3 is 2.83 bits per heavy atom. The SMILES string of the molecule is Cc1[nH]nc2c1C(c1ccc(-c3ccc(Cl)cc3)o1)SCC(=O)N2. The van der Waals surface area contributed by atoms with Crippen molar-refractivity contribution in [2.45, 2.75) is 12.2 Å². The molecule has 1 aliphatic rings. The molecular weight excluding hydrogens is 346 g/mol. The number of benzene rings is 1. The van der Waals surface area contributed by atoms with Gasteiger partial charge in [0.2, 0.25) is 5.91 Å². The molecule has 0 fully saturated rings. The van der Waals surface area contributed by atoms with Crippen molar-refractivity contribution >= 4 is 35.1 Å². The standard InChI is InChI=1S/C17H14ClN3O2S/c1-9-15-16(24-8-14(22)19-17(15)21-20-9)13-7-6-12(23-13)10-2-4-11(18)5-3-10/h2-7,16H,8H2,1H3,(H2,19,20,21,22). The number of anilines is 1. The summed E-state index contributed by atoms with van der Waals surface area (Å²) in [6, 6.07) is 11.4. The molecule has 1 atom stereocenters. The first-order chi connectivity index (χ1) is 11.6. The first kappa shape index (κ1) is 15.4. The number of fused-ring (bicyclic) bond motifs is 1. The van der Waals surface area contributed by atoms with Crippen LogP contribution in [-0.4, -0.2) is 21.9 Å². The average molecular weight is 360 g/mol. The van der Waals surface area contributed by atoms with Crippen LogP contribution in [0.5, 0.6) is 0 Å². The van der Waals surface area contributed by atoms with Crippen molar-refractivity contribution in [1.29, 1.82) is 0 Å². The molecule has 1 aliphatic heterocycles. The number of rotatable bonds is 2. The Bertz CT molecular complexity index is 901. The Morgan fingerprint density at radius 2 is 2.04 bits per heavy atom. The van der Waals surface area contributed by atoms with Crippen LogP contribution in [0.2, 0.25) is 5.02 Å². The second kappa shape index (κ2) is 6.03. The Labute approximate surface area is 147 Å². The highest BCUT2D eigenvalue weighted by molar-refractivity contribution is 8.00. The van der Waals surface area contributed by atoms with Crippen molar-refractivity contribution in [3.63, 3.8) is 0 Å². The number of aromatic nitrogens is 2. The van der Waals surface area contributed by atoms with Crippen LogP contribution < -0.4 is 5.32 Å². The van der Waals surface area contributed by atoms with E-state index in [1.54, 1.807) is 0 Å². The second-order valence-corrected chi connectivity index (χ2v) is 7.09. The fourth-order valence-electron chi connectivity index (χ4n) is 2.75. The molecule has 5 nitrogen and oxygen atoms in total. The largest absolute Gasteiger partial charge is 0.460 e. The molecule has 4 rings (SSSR count). The van der Waals surface area contributed by atoms with Crippen molar-refractivity contribution in [1.82, 2.24) is 10.2 Å². The lowest BCUT2D eigenvalue weighted by atomic mass is 10.1. The number of aromatic amines is 1. The number of aryl methyl sites for hydroxylation is 1. The molecule has 2 N–H and O–H groups in total. The van der Waals surface area contributed by atoms with Gasteiger partial charge in [-0.1, -0.05) is 11.6 Å². The van der Waals surface area contributed by atoms with Gasteiger partial charge in [0.25, 0.3) is 0 Å². The zero-order chi connectivity index (χ0) is 16.7. The predicted molar refractivity (Wildman–Crippen MR) is 95.4 cm³/mol. The fraction of sp³-hybridized carbons (Fsp3) is 0.176. The highest BCUT2D eigenvalue weighted by atomic mass is 35.5. The van der Waals surface area contributed by atoms with Crippen LogP contribution in [0, 0.1) is 6.92 Å². The summed E-state index contributed by atoms with van der Waals surface area (Å²) in [6.45, 7) is 1.94. The lowest BCUT2D eigenvalue weighted by Gasteiger charge is -2.11. The summed E-state index contributed by atoms with van der Waals surface area (Å²) in [7, 11) is 0. The minimum Gasteiger partial charge on any atom is -0.460 e. The van der Waals surface area contributed by atoms with Gasteiger partial charge in [-0.05, 0) is 43.3 Å². The van der Waals surface area contributed by atoms with E-state index in [9.17, 15) is 4.79 Å².